The second kappa shape index (κ2) is 4.71. The quantitative estimate of drug-likeness (QED) is 0.873. The van der Waals surface area contributed by atoms with Crippen LogP contribution in [0.4, 0.5) is 0 Å². The SMILES string of the molecule is CC1c2ccsc2CCN1CC1CCCC1O. The van der Waals surface area contributed by atoms with Gasteiger partial charge in [-0.15, -0.1) is 11.3 Å². The summed E-state index contributed by atoms with van der Waals surface area (Å²) in [5.74, 6) is 0.512. The van der Waals surface area contributed by atoms with Crippen molar-refractivity contribution in [3.05, 3.63) is 21.9 Å². The van der Waals surface area contributed by atoms with Crippen molar-refractivity contribution in [2.24, 2.45) is 5.92 Å². The summed E-state index contributed by atoms with van der Waals surface area (Å²) in [7, 11) is 0. The third kappa shape index (κ3) is 2.16. The fourth-order valence-corrected chi connectivity index (χ4v) is 4.31. The molecule has 1 aromatic rings. The Morgan fingerprint density at radius 2 is 2.35 bits per heavy atom. The molecule has 3 unspecified atom stereocenters. The zero-order valence-electron chi connectivity index (χ0n) is 10.4. The Bertz CT molecular complexity index is 389. The van der Waals surface area contributed by atoms with Crippen LogP contribution in [0.15, 0.2) is 11.4 Å². The lowest BCUT2D eigenvalue weighted by Gasteiger charge is -2.36. The molecule has 2 aliphatic rings. The minimum Gasteiger partial charge on any atom is -0.393 e. The van der Waals surface area contributed by atoms with Crippen LogP contribution in [0.2, 0.25) is 0 Å². The van der Waals surface area contributed by atoms with E-state index in [1.807, 2.05) is 11.3 Å². The molecule has 2 nitrogen and oxygen atoms in total. The molecule has 1 aliphatic carbocycles. The number of rotatable bonds is 2. The topological polar surface area (TPSA) is 23.5 Å². The first kappa shape index (κ1) is 11.7. The van der Waals surface area contributed by atoms with Gasteiger partial charge in [0.05, 0.1) is 6.10 Å². The summed E-state index contributed by atoms with van der Waals surface area (Å²) in [6, 6.07) is 2.82. The standard InChI is InChI=1S/C14H21NOS/c1-10-12-6-8-17-14(12)5-7-15(10)9-11-3-2-4-13(11)16/h6,8,10-11,13,16H,2-5,7,9H2,1H3. The highest BCUT2D eigenvalue weighted by Gasteiger charge is 2.31. The van der Waals surface area contributed by atoms with E-state index < -0.39 is 0 Å². The van der Waals surface area contributed by atoms with Crippen LogP contribution >= 0.6 is 11.3 Å². The van der Waals surface area contributed by atoms with Gasteiger partial charge >= 0.3 is 0 Å². The van der Waals surface area contributed by atoms with E-state index in [1.54, 1.807) is 4.88 Å². The van der Waals surface area contributed by atoms with Crippen molar-refractivity contribution < 1.29 is 5.11 Å². The first-order valence-corrected chi connectivity index (χ1v) is 7.62. The Morgan fingerprint density at radius 3 is 3.12 bits per heavy atom. The van der Waals surface area contributed by atoms with Crippen molar-refractivity contribution in [1.29, 1.82) is 0 Å². The third-order valence-corrected chi connectivity index (χ3v) is 5.49. The van der Waals surface area contributed by atoms with Gasteiger partial charge in [0.1, 0.15) is 0 Å². The molecule has 0 amide bonds. The van der Waals surface area contributed by atoms with Crippen molar-refractivity contribution >= 4 is 11.3 Å². The van der Waals surface area contributed by atoms with E-state index in [0.29, 0.717) is 12.0 Å². The van der Waals surface area contributed by atoms with Gasteiger partial charge in [-0.3, -0.25) is 4.90 Å². The highest BCUT2D eigenvalue weighted by molar-refractivity contribution is 7.10. The van der Waals surface area contributed by atoms with Crippen LogP contribution in [0.3, 0.4) is 0 Å². The summed E-state index contributed by atoms with van der Waals surface area (Å²) in [6.07, 6.45) is 4.57. The Hall–Kier alpha value is -0.380. The van der Waals surface area contributed by atoms with E-state index >= 15 is 0 Å². The van der Waals surface area contributed by atoms with Crippen LogP contribution in [0.25, 0.3) is 0 Å². The largest absolute Gasteiger partial charge is 0.393 e. The lowest BCUT2D eigenvalue weighted by atomic mass is 9.98. The highest BCUT2D eigenvalue weighted by Crippen LogP contribution is 2.35. The van der Waals surface area contributed by atoms with Gasteiger partial charge in [-0.05, 0) is 49.1 Å². The minimum absolute atomic E-state index is 0.0499. The predicted octanol–water partition coefficient (Wildman–Crippen LogP) is 2.83. The molecular formula is C14H21NOS. The van der Waals surface area contributed by atoms with Crippen LogP contribution in [-0.2, 0) is 6.42 Å². The molecule has 1 fully saturated rings. The smallest absolute Gasteiger partial charge is 0.0580 e. The first-order chi connectivity index (χ1) is 8.25. The molecule has 0 spiro atoms. The molecule has 3 rings (SSSR count). The molecule has 0 bridgehead atoms. The monoisotopic (exact) mass is 251 g/mol. The van der Waals surface area contributed by atoms with E-state index in [9.17, 15) is 5.11 Å². The molecule has 3 heteroatoms. The number of aliphatic hydroxyl groups is 1. The molecule has 2 heterocycles. The summed E-state index contributed by atoms with van der Waals surface area (Å²) in [5.41, 5.74) is 1.52. The molecule has 1 aromatic heterocycles. The Morgan fingerprint density at radius 1 is 1.47 bits per heavy atom. The van der Waals surface area contributed by atoms with Crippen molar-refractivity contribution in [1.82, 2.24) is 4.90 Å². The number of hydrogen-bond acceptors (Lipinski definition) is 3. The zero-order valence-corrected chi connectivity index (χ0v) is 11.2. The maximum atomic E-state index is 9.94. The number of hydrogen-bond donors (Lipinski definition) is 1. The first-order valence-electron chi connectivity index (χ1n) is 6.74. The molecule has 0 aromatic carbocycles. The zero-order chi connectivity index (χ0) is 11.8. The van der Waals surface area contributed by atoms with Crippen LogP contribution in [0, 0.1) is 5.92 Å². The van der Waals surface area contributed by atoms with Gasteiger partial charge in [0.2, 0.25) is 0 Å². The third-order valence-electron chi connectivity index (χ3n) is 4.49. The molecule has 1 N–H and O–H groups in total. The van der Waals surface area contributed by atoms with Crippen LogP contribution < -0.4 is 0 Å². The molecule has 3 atom stereocenters. The fourth-order valence-electron chi connectivity index (χ4n) is 3.34. The molecule has 0 saturated heterocycles. The summed E-state index contributed by atoms with van der Waals surface area (Å²) >= 11 is 1.90. The van der Waals surface area contributed by atoms with Crippen molar-refractivity contribution in [3.63, 3.8) is 0 Å². The average Bonchev–Trinajstić information content (AvgIpc) is 2.92. The Kier molecular flexibility index (Phi) is 3.24. The second-order valence-electron chi connectivity index (χ2n) is 5.48. The predicted molar refractivity (Wildman–Crippen MR) is 71.4 cm³/mol. The normalized spacial score (nSPS) is 33.9. The van der Waals surface area contributed by atoms with Gasteiger partial charge in [0, 0.05) is 24.0 Å². The maximum absolute atomic E-state index is 9.94. The highest BCUT2D eigenvalue weighted by atomic mass is 32.1. The number of fused-ring (bicyclic) bond motifs is 1. The number of nitrogens with zero attached hydrogens (tertiary/aromatic N) is 1. The van der Waals surface area contributed by atoms with Crippen LogP contribution in [0.5, 0.6) is 0 Å². The van der Waals surface area contributed by atoms with E-state index in [4.69, 9.17) is 0 Å². The van der Waals surface area contributed by atoms with Crippen molar-refractivity contribution in [2.75, 3.05) is 13.1 Å². The van der Waals surface area contributed by atoms with Gasteiger partial charge in [0.15, 0.2) is 0 Å². The lowest BCUT2D eigenvalue weighted by Crippen LogP contribution is -2.38. The maximum Gasteiger partial charge on any atom is 0.0580 e. The summed E-state index contributed by atoms with van der Waals surface area (Å²) < 4.78 is 0. The molecule has 94 valence electrons. The van der Waals surface area contributed by atoms with Crippen molar-refractivity contribution in [2.45, 2.75) is 44.8 Å². The van der Waals surface area contributed by atoms with E-state index in [1.165, 1.54) is 24.8 Å². The second-order valence-corrected chi connectivity index (χ2v) is 6.48. The van der Waals surface area contributed by atoms with Gasteiger partial charge < -0.3 is 5.11 Å². The Balaban J connectivity index is 1.69. The van der Waals surface area contributed by atoms with Gasteiger partial charge in [0.25, 0.3) is 0 Å². The summed E-state index contributed by atoms with van der Waals surface area (Å²) in [5, 5.41) is 12.2. The van der Waals surface area contributed by atoms with Crippen LogP contribution in [-0.4, -0.2) is 29.2 Å². The van der Waals surface area contributed by atoms with Crippen molar-refractivity contribution in [3.8, 4) is 0 Å². The molecular weight excluding hydrogens is 230 g/mol. The number of aliphatic hydroxyl groups excluding tert-OH is 1. The summed E-state index contributed by atoms with van der Waals surface area (Å²) in [4.78, 5) is 4.13. The minimum atomic E-state index is -0.0499. The molecule has 0 radical (unpaired) electrons. The molecule has 17 heavy (non-hydrogen) atoms. The molecule has 1 saturated carbocycles. The van der Waals surface area contributed by atoms with Gasteiger partial charge in [-0.1, -0.05) is 6.42 Å². The Labute approximate surface area is 107 Å². The number of thiophene rings is 1. The van der Waals surface area contributed by atoms with E-state index in [0.717, 1.165) is 19.5 Å². The average molecular weight is 251 g/mol. The fraction of sp³-hybridized carbons (Fsp3) is 0.714. The van der Waals surface area contributed by atoms with E-state index in [2.05, 4.69) is 23.3 Å². The lowest BCUT2D eigenvalue weighted by molar-refractivity contribution is 0.0852. The van der Waals surface area contributed by atoms with Gasteiger partial charge in [-0.25, -0.2) is 0 Å². The van der Waals surface area contributed by atoms with Gasteiger partial charge in [-0.2, -0.15) is 0 Å². The van der Waals surface area contributed by atoms with Crippen LogP contribution in [0.1, 0.15) is 42.7 Å². The molecule has 1 aliphatic heterocycles. The summed E-state index contributed by atoms with van der Waals surface area (Å²) in [6.45, 7) is 4.56. The van der Waals surface area contributed by atoms with E-state index in [-0.39, 0.29) is 6.10 Å².